The zero-order valence-electron chi connectivity index (χ0n) is 21.2. The van der Waals surface area contributed by atoms with Gasteiger partial charge >= 0.3 is 0 Å². The molecule has 0 saturated carbocycles. The van der Waals surface area contributed by atoms with Gasteiger partial charge in [0.15, 0.2) is 11.5 Å². The summed E-state index contributed by atoms with van der Waals surface area (Å²) in [6.45, 7) is 1.97. The molecule has 2 aliphatic rings. The number of carbonyl (C=O) groups is 2. The zero-order chi connectivity index (χ0) is 26.1. The lowest BCUT2D eigenvalue weighted by Crippen LogP contribution is -2.53. The van der Waals surface area contributed by atoms with Gasteiger partial charge < -0.3 is 24.2 Å². The molecule has 2 amide bonds. The fourth-order valence-electron chi connectivity index (χ4n) is 5.47. The Labute approximate surface area is 216 Å². The van der Waals surface area contributed by atoms with Gasteiger partial charge in [-0.3, -0.25) is 9.59 Å². The summed E-state index contributed by atoms with van der Waals surface area (Å²) in [5.41, 5.74) is 2.58. The molecule has 0 radical (unpaired) electrons. The van der Waals surface area contributed by atoms with E-state index in [1.54, 1.807) is 50.4 Å². The predicted octanol–water partition coefficient (Wildman–Crippen LogP) is 4.10. The first-order chi connectivity index (χ1) is 17.9. The highest BCUT2D eigenvalue weighted by atomic mass is 19.1. The number of nitrogens with zero attached hydrogens (tertiary/aromatic N) is 3. The summed E-state index contributed by atoms with van der Waals surface area (Å²) in [7, 11) is 4.86. The zero-order valence-corrected chi connectivity index (χ0v) is 21.2. The number of piperazine rings is 1. The molecule has 37 heavy (non-hydrogen) atoms. The minimum absolute atomic E-state index is 0.0558. The average molecular weight is 504 g/mol. The Morgan fingerprint density at radius 1 is 0.892 bits per heavy atom. The minimum Gasteiger partial charge on any atom is -0.493 e. The number of carbonyl (C=O) groups excluding carboxylic acids is 2. The maximum absolute atomic E-state index is 14.3. The molecule has 0 N–H and O–H groups in total. The maximum Gasteiger partial charge on any atom is 0.254 e. The van der Waals surface area contributed by atoms with Gasteiger partial charge in [0.1, 0.15) is 5.82 Å². The summed E-state index contributed by atoms with van der Waals surface area (Å²) in [5.74, 6) is 0.0470. The van der Waals surface area contributed by atoms with Crippen molar-refractivity contribution in [2.75, 3.05) is 52.3 Å². The van der Waals surface area contributed by atoms with Gasteiger partial charge in [-0.25, -0.2) is 4.39 Å². The molecule has 1 saturated heterocycles. The number of methoxy groups -OCH3 is 2. The number of likely N-dealkylation sites (N-methyl/N-ethyl adjacent to an activating group) is 1. The minimum atomic E-state index is -0.600. The largest absolute Gasteiger partial charge is 0.493 e. The molecule has 0 spiro atoms. The van der Waals surface area contributed by atoms with E-state index in [1.165, 1.54) is 6.07 Å². The number of benzene rings is 3. The third-order valence-corrected chi connectivity index (χ3v) is 7.38. The van der Waals surface area contributed by atoms with Gasteiger partial charge in [-0.2, -0.15) is 0 Å². The monoisotopic (exact) mass is 503 g/mol. The molecule has 8 heteroatoms. The van der Waals surface area contributed by atoms with Crippen LogP contribution in [0.2, 0.25) is 0 Å². The molecule has 2 atom stereocenters. The SMILES string of the molecule is COc1ccc(C2C(C(=O)N3CCN(c4ccccc4F)CC3)c3ccccc3C(=O)N2C)cc1OC. The van der Waals surface area contributed by atoms with E-state index in [1.807, 2.05) is 46.2 Å². The molecular weight excluding hydrogens is 473 g/mol. The first kappa shape index (κ1) is 24.6. The average Bonchev–Trinajstić information content (AvgIpc) is 2.94. The first-order valence-corrected chi connectivity index (χ1v) is 12.3. The molecule has 2 aliphatic heterocycles. The van der Waals surface area contributed by atoms with Gasteiger partial charge in [0, 0.05) is 38.8 Å². The van der Waals surface area contributed by atoms with E-state index in [-0.39, 0.29) is 17.6 Å². The second-order valence-electron chi connectivity index (χ2n) is 9.30. The van der Waals surface area contributed by atoms with Crippen LogP contribution in [-0.4, -0.2) is 69.1 Å². The molecule has 3 aromatic rings. The summed E-state index contributed by atoms with van der Waals surface area (Å²) in [6.07, 6.45) is 0. The van der Waals surface area contributed by atoms with Gasteiger partial charge in [-0.05, 0) is 41.5 Å². The molecule has 2 heterocycles. The lowest BCUT2D eigenvalue weighted by molar-refractivity contribution is -0.134. The lowest BCUT2D eigenvalue weighted by atomic mass is 9.79. The van der Waals surface area contributed by atoms with Crippen molar-refractivity contribution in [2.45, 2.75) is 12.0 Å². The standard InChI is InChI=1S/C29H30FN3O4/c1-31-27(19-12-13-24(36-2)25(18-19)37-3)26(20-8-4-5-9-21(20)28(31)34)29(35)33-16-14-32(15-17-33)23-11-7-6-10-22(23)30/h4-13,18,26-27H,14-17H2,1-3H3. The predicted molar refractivity (Wildman–Crippen MR) is 139 cm³/mol. The summed E-state index contributed by atoms with van der Waals surface area (Å²) in [6, 6.07) is 19.0. The Morgan fingerprint density at radius 3 is 2.27 bits per heavy atom. The quantitative estimate of drug-likeness (QED) is 0.525. The third-order valence-electron chi connectivity index (χ3n) is 7.38. The number of halogens is 1. The van der Waals surface area contributed by atoms with Crippen LogP contribution in [0.3, 0.4) is 0 Å². The van der Waals surface area contributed by atoms with Crippen LogP contribution in [0.5, 0.6) is 11.5 Å². The molecule has 1 fully saturated rings. The Morgan fingerprint density at radius 2 is 1.57 bits per heavy atom. The number of hydrogen-bond donors (Lipinski definition) is 0. The van der Waals surface area contributed by atoms with Gasteiger partial charge in [0.2, 0.25) is 5.91 Å². The van der Waals surface area contributed by atoms with Gasteiger partial charge in [0.05, 0.1) is 31.9 Å². The number of rotatable bonds is 5. The molecule has 5 rings (SSSR count). The topological polar surface area (TPSA) is 62.3 Å². The Kier molecular flexibility index (Phi) is 6.74. The van der Waals surface area contributed by atoms with Crippen LogP contribution in [0.1, 0.15) is 33.4 Å². The van der Waals surface area contributed by atoms with E-state index in [2.05, 4.69) is 0 Å². The highest BCUT2D eigenvalue weighted by Gasteiger charge is 2.44. The van der Waals surface area contributed by atoms with E-state index >= 15 is 0 Å². The first-order valence-electron chi connectivity index (χ1n) is 12.3. The van der Waals surface area contributed by atoms with Crippen molar-refractivity contribution in [2.24, 2.45) is 0 Å². The van der Waals surface area contributed by atoms with Crippen LogP contribution < -0.4 is 14.4 Å². The number of ether oxygens (including phenoxy) is 2. The molecule has 0 aliphatic carbocycles. The molecular formula is C29H30FN3O4. The number of fused-ring (bicyclic) bond motifs is 1. The Bertz CT molecular complexity index is 1320. The van der Waals surface area contributed by atoms with Crippen molar-refractivity contribution < 1.29 is 23.5 Å². The van der Waals surface area contributed by atoms with Crippen molar-refractivity contribution in [3.05, 3.63) is 89.2 Å². The summed E-state index contributed by atoms with van der Waals surface area (Å²) in [4.78, 5) is 33.0. The van der Waals surface area contributed by atoms with Gasteiger partial charge in [-0.15, -0.1) is 0 Å². The van der Waals surface area contributed by atoms with Crippen molar-refractivity contribution in [1.82, 2.24) is 9.80 Å². The summed E-state index contributed by atoms with van der Waals surface area (Å²) in [5, 5.41) is 0. The molecule has 7 nitrogen and oxygen atoms in total. The van der Waals surface area contributed by atoms with Crippen LogP contribution >= 0.6 is 0 Å². The van der Waals surface area contributed by atoms with Gasteiger partial charge in [-0.1, -0.05) is 36.4 Å². The molecule has 0 bridgehead atoms. The van der Waals surface area contributed by atoms with E-state index in [9.17, 15) is 14.0 Å². The highest BCUT2D eigenvalue weighted by molar-refractivity contribution is 6.01. The fourth-order valence-corrected chi connectivity index (χ4v) is 5.47. The molecule has 2 unspecified atom stereocenters. The molecule has 3 aromatic carbocycles. The second kappa shape index (κ2) is 10.1. The van der Waals surface area contributed by atoms with Crippen molar-refractivity contribution in [3.63, 3.8) is 0 Å². The Balaban J connectivity index is 1.49. The maximum atomic E-state index is 14.3. The smallest absolute Gasteiger partial charge is 0.254 e. The van der Waals surface area contributed by atoms with Crippen LogP contribution in [0, 0.1) is 5.82 Å². The molecule has 192 valence electrons. The van der Waals surface area contributed by atoms with E-state index < -0.39 is 12.0 Å². The van der Waals surface area contributed by atoms with Crippen LogP contribution in [0.15, 0.2) is 66.7 Å². The molecule has 0 aromatic heterocycles. The number of amides is 2. The summed E-state index contributed by atoms with van der Waals surface area (Å²) >= 11 is 0. The van der Waals surface area contributed by atoms with E-state index in [0.717, 1.165) is 5.56 Å². The van der Waals surface area contributed by atoms with Crippen molar-refractivity contribution >= 4 is 17.5 Å². The number of anilines is 1. The van der Waals surface area contributed by atoms with Crippen LogP contribution in [-0.2, 0) is 4.79 Å². The van der Waals surface area contributed by atoms with Crippen LogP contribution in [0.25, 0.3) is 0 Å². The normalized spacial score (nSPS) is 19.5. The summed E-state index contributed by atoms with van der Waals surface area (Å²) < 4.78 is 25.3. The third kappa shape index (κ3) is 4.37. The van der Waals surface area contributed by atoms with Crippen molar-refractivity contribution in [1.29, 1.82) is 0 Å². The lowest BCUT2D eigenvalue weighted by Gasteiger charge is -2.43. The fraction of sp³-hybridized carbons (Fsp3) is 0.310. The number of hydrogen-bond acceptors (Lipinski definition) is 5. The van der Waals surface area contributed by atoms with E-state index in [4.69, 9.17) is 9.47 Å². The Hall–Kier alpha value is -4.07. The highest BCUT2D eigenvalue weighted by Crippen LogP contribution is 2.44. The number of para-hydroxylation sites is 1. The second-order valence-corrected chi connectivity index (χ2v) is 9.30. The van der Waals surface area contributed by atoms with Crippen LogP contribution in [0.4, 0.5) is 10.1 Å². The van der Waals surface area contributed by atoms with Crippen molar-refractivity contribution in [3.8, 4) is 11.5 Å². The van der Waals surface area contributed by atoms with Gasteiger partial charge in [0.25, 0.3) is 5.91 Å². The van der Waals surface area contributed by atoms with E-state index in [0.29, 0.717) is 54.5 Å².